The summed E-state index contributed by atoms with van der Waals surface area (Å²) in [7, 11) is 0. The fourth-order valence-corrected chi connectivity index (χ4v) is 4.25. The van der Waals surface area contributed by atoms with Crippen LogP contribution >= 0.6 is 0 Å². The minimum Gasteiger partial charge on any atom is -0.365 e. The molecule has 1 amide bonds. The maximum absolute atomic E-state index is 12.8. The average Bonchev–Trinajstić information content (AvgIpc) is 3.26. The van der Waals surface area contributed by atoms with Crippen molar-refractivity contribution in [1.29, 1.82) is 0 Å². The third kappa shape index (κ3) is 3.19. The van der Waals surface area contributed by atoms with Gasteiger partial charge in [0.15, 0.2) is 5.82 Å². The molecule has 1 atom stereocenters. The van der Waals surface area contributed by atoms with E-state index < -0.39 is 0 Å². The van der Waals surface area contributed by atoms with E-state index in [4.69, 9.17) is 9.26 Å². The quantitative estimate of drug-likeness (QED) is 0.813. The molecule has 1 unspecified atom stereocenters. The Morgan fingerprint density at radius 1 is 1.25 bits per heavy atom. The lowest BCUT2D eigenvalue weighted by atomic mass is 10.1. The molecule has 3 aliphatic rings. The Balaban J connectivity index is 1.24. The molecule has 1 aliphatic carbocycles. The molecule has 1 aromatic rings. The molecule has 0 N–H and O–H groups in total. The normalized spacial score (nSPS) is 26.2. The van der Waals surface area contributed by atoms with E-state index in [9.17, 15) is 4.79 Å². The molecule has 0 spiro atoms. The van der Waals surface area contributed by atoms with Crippen LogP contribution in [0.3, 0.4) is 0 Å². The van der Waals surface area contributed by atoms with E-state index in [-0.39, 0.29) is 12.1 Å². The Morgan fingerprint density at radius 3 is 2.75 bits per heavy atom. The summed E-state index contributed by atoms with van der Waals surface area (Å²) in [5, 5.41) is 3.74. The molecule has 3 fully saturated rings. The fraction of sp³-hybridized carbons (Fsp3) is 0.824. The summed E-state index contributed by atoms with van der Waals surface area (Å²) in [6, 6.07) is 0.739. The van der Waals surface area contributed by atoms with Gasteiger partial charge in [0.2, 0.25) is 5.91 Å². The topological polar surface area (TPSA) is 71.7 Å². The molecule has 2 saturated heterocycles. The highest BCUT2D eigenvalue weighted by molar-refractivity contribution is 5.83. The molecular formula is C17H26N4O3. The molecule has 7 heteroatoms. The first kappa shape index (κ1) is 16.0. The van der Waals surface area contributed by atoms with Crippen LogP contribution in [0.25, 0.3) is 0 Å². The van der Waals surface area contributed by atoms with Crippen molar-refractivity contribution < 1.29 is 14.1 Å². The third-order valence-electron chi connectivity index (χ3n) is 5.54. The van der Waals surface area contributed by atoms with Gasteiger partial charge in [0.1, 0.15) is 6.61 Å². The molecule has 4 rings (SSSR count). The van der Waals surface area contributed by atoms with Crippen LogP contribution in [0.4, 0.5) is 0 Å². The molecule has 132 valence electrons. The largest absolute Gasteiger partial charge is 0.365 e. The number of likely N-dealkylation sites (tertiary alicyclic amines) is 2. The zero-order valence-electron chi connectivity index (χ0n) is 14.3. The number of aromatic nitrogens is 2. The van der Waals surface area contributed by atoms with Crippen LogP contribution in [0.15, 0.2) is 4.52 Å². The Hall–Kier alpha value is -1.47. The van der Waals surface area contributed by atoms with Gasteiger partial charge >= 0.3 is 0 Å². The zero-order chi connectivity index (χ0) is 16.5. The number of ether oxygens (including phenoxy) is 1. The monoisotopic (exact) mass is 334 g/mol. The second-order valence-corrected chi connectivity index (χ2v) is 7.25. The van der Waals surface area contributed by atoms with Crippen LogP contribution in [0.5, 0.6) is 0 Å². The Kier molecular flexibility index (Phi) is 4.54. The van der Waals surface area contributed by atoms with Gasteiger partial charge in [-0.15, -0.1) is 0 Å². The molecule has 24 heavy (non-hydrogen) atoms. The minimum atomic E-state index is 0.0856. The standard InChI is InChI=1S/C17H26N4O3/c1-12-18-16(24-19-12)11-23-14-9-20(10-14)17(22)15-7-4-8-21(15)13-5-2-3-6-13/h13-15H,2-11H2,1H3. The van der Waals surface area contributed by atoms with E-state index in [0.29, 0.717) is 43.4 Å². The predicted octanol–water partition coefficient (Wildman–Crippen LogP) is 1.51. The zero-order valence-corrected chi connectivity index (χ0v) is 14.3. The lowest BCUT2D eigenvalue weighted by Crippen LogP contribution is -2.59. The number of hydrogen-bond donors (Lipinski definition) is 0. The van der Waals surface area contributed by atoms with Crippen molar-refractivity contribution >= 4 is 5.91 Å². The second-order valence-electron chi connectivity index (χ2n) is 7.25. The molecule has 1 saturated carbocycles. The fourth-order valence-electron chi connectivity index (χ4n) is 4.25. The maximum Gasteiger partial charge on any atom is 0.252 e. The van der Waals surface area contributed by atoms with Gasteiger partial charge in [0.05, 0.1) is 12.1 Å². The number of carbonyl (C=O) groups excluding carboxylic acids is 1. The van der Waals surface area contributed by atoms with Gasteiger partial charge in [-0.1, -0.05) is 18.0 Å². The molecule has 0 bridgehead atoms. The summed E-state index contributed by atoms with van der Waals surface area (Å²) >= 11 is 0. The summed E-state index contributed by atoms with van der Waals surface area (Å²) in [6.07, 6.45) is 7.41. The van der Waals surface area contributed by atoms with Gasteiger partial charge in [-0.3, -0.25) is 9.69 Å². The summed E-state index contributed by atoms with van der Waals surface area (Å²) in [5.41, 5.74) is 0. The Bertz CT molecular complexity index is 578. The van der Waals surface area contributed by atoms with Crippen LogP contribution in [0, 0.1) is 6.92 Å². The molecule has 2 aliphatic heterocycles. The highest BCUT2D eigenvalue weighted by atomic mass is 16.5. The first-order chi connectivity index (χ1) is 11.7. The molecule has 1 aromatic heterocycles. The van der Waals surface area contributed by atoms with E-state index in [1.165, 1.54) is 25.7 Å². The van der Waals surface area contributed by atoms with E-state index >= 15 is 0 Å². The lowest BCUT2D eigenvalue weighted by molar-refractivity contribution is -0.151. The van der Waals surface area contributed by atoms with Gasteiger partial charge in [0, 0.05) is 19.1 Å². The predicted molar refractivity (Wildman–Crippen MR) is 86.2 cm³/mol. The smallest absolute Gasteiger partial charge is 0.252 e. The van der Waals surface area contributed by atoms with Crippen molar-refractivity contribution in [3.63, 3.8) is 0 Å². The van der Waals surface area contributed by atoms with Crippen molar-refractivity contribution in [2.24, 2.45) is 0 Å². The number of rotatable bonds is 5. The van der Waals surface area contributed by atoms with Crippen molar-refractivity contribution in [1.82, 2.24) is 19.9 Å². The molecular weight excluding hydrogens is 308 g/mol. The number of hydrogen-bond acceptors (Lipinski definition) is 6. The van der Waals surface area contributed by atoms with Crippen LogP contribution in [0.2, 0.25) is 0 Å². The van der Waals surface area contributed by atoms with E-state index in [1.807, 2.05) is 4.90 Å². The molecule has 7 nitrogen and oxygen atoms in total. The summed E-state index contributed by atoms with van der Waals surface area (Å²) in [6.45, 7) is 4.56. The number of carbonyl (C=O) groups is 1. The Labute approximate surface area is 142 Å². The second kappa shape index (κ2) is 6.80. The average molecular weight is 334 g/mol. The number of aryl methyl sites for hydroxylation is 1. The summed E-state index contributed by atoms with van der Waals surface area (Å²) in [5.74, 6) is 1.42. The van der Waals surface area contributed by atoms with Crippen LogP contribution in [-0.4, -0.2) is 63.7 Å². The highest BCUT2D eigenvalue weighted by Gasteiger charge is 2.41. The van der Waals surface area contributed by atoms with Gasteiger partial charge in [0.25, 0.3) is 5.89 Å². The third-order valence-corrected chi connectivity index (χ3v) is 5.54. The molecule has 0 aromatic carbocycles. The van der Waals surface area contributed by atoms with Crippen molar-refractivity contribution in [3.05, 3.63) is 11.7 Å². The molecule has 0 radical (unpaired) electrons. The minimum absolute atomic E-state index is 0.0856. The van der Waals surface area contributed by atoms with E-state index in [1.54, 1.807) is 6.92 Å². The van der Waals surface area contributed by atoms with E-state index in [2.05, 4.69) is 15.0 Å². The summed E-state index contributed by atoms with van der Waals surface area (Å²) in [4.78, 5) is 21.4. The van der Waals surface area contributed by atoms with Crippen molar-refractivity contribution in [3.8, 4) is 0 Å². The SMILES string of the molecule is Cc1noc(COC2CN(C(=O)C3CCCN3C3CCCC3)C2)n1. The highest BCUT2D eigenvalue weighted by Crippen LogP contribution is 2.31. The first-order valence-corrected chi connectivity index (χ1v) is 9.16. The van der Waals surface area contributed by atoms with E-state index in [0.717, 1.165) is 19.4 Å². The first-order valence-electron chi connectivity index (χ1n) is 9.16. The van der Waals surface area contributed by atoms with Crippen LogP contribution in [-0.2, 0) is 16.1 Å². The van der Waals surface area contributed by atoms with Crippen LogP contribution in [0.1, 0.15) is 50.2 Å². The van der Waals surface area contributed by atoms with Crippen LogP contribution < -0.4 is 0 Å². The lowest BCUT2D eigenvalue weighted by Gasteiger charge is -2.42. The number of nitrogens with zero attached hydrogens (tertiary/aromatic N) is 4. The van der Waals surface area contributed by atoms with Gasteiger partial charge in [-0.25, -0.2) is 0 Å². The van der Waals surface area contributed by atoms with Crippen molar-refractivity contribution in [2.45, 2.75) is 70.2 Å². The Morgan fingerprint density at radius 2 is 2.04 bits per heavy atom. The maximum atomic E-state index is 12.8. The summed E-state index contributed by atoms with van der Waals surface area (Å²) < 4.78 is 10.8. The molecule has 3 heterocycles. The van der Waals surface area contributed by atoms with Gasteiger partial charge < -0.3 is 14.2 Å². The van der Waals surface area contributed by atoms with Crippen molar-refractivity contribution in [2.75, 3.05) is 19.6 Å². The van der Waals surface area contributed by atoms with Gasteiger partial charge in [-0.2, -0.15) is 4.98 Å². The van der Waals surface area contributed by atoms with Gasteiger partial charge in [-0.05, 0) is 39.2 Å². The number of amides is 1.